The molecule has 1 rings (SSSR count). The monoisotopic (exact) mass is 215 g/mol. The highest BCUT2D eigenvalue weighted by molar-refractivity contribution is 9.10. The van der Waals surface area contributed by atoms with E-state index < -0.39 is 0 Å². The summed E-state index contributed by atoms with van der Waals surface area (Å²) in [7, 11) is 0. The molecule has 0 saturated heterocycles. The van der Waals surface area contributed by atoms with Gasteiger partial charge in [-0.05, 0) is 35.0 Å². The van der Waals surface area contributed by atoms with E-state index in [4.69, 9.17) is 5.84 Å². The van der Waals surface area contributed by atoms with Crippen molar-refractivity contribution in [2.24, 2.45) is 5.84 Å². The van der Waals surface area contributed by atoms with Gasteiger partial charge < -0.3 is 0 Å². The Morgan fingerprint density at radius 1 is 1.64 bits per heavy atom. The van der Waals surface area contributed by atoms with Gasteiger partial charge in [0.15, 0.2) is 0 Å². The molecule has 1 atom stereocenters. The average Bonchev–Trinajstić information content (AvgIpc) is 2.03. The molecule has 0 saturated carbocycles. The van der Waals surface area contributed by atoms with Gasteiger partial charge in [0, 0.05) is 0 Å². The Bertz CT molecular complexity index is 239. The summed E-state index contributed by atoms with van der Waals surface area (Å²) in [5, 5.41) is 0. The van der Waals surface area contributed by atoms with Crippen LogP contribution in [0.2, 0.25) is 0 Å². The third kappa shape index (κ3) is 2.25. The standard InChI is InChI=1S/C7H10BrN3/c1-5(11-9)6-3-2-4-7(8)10-6/h2-5,11H,9H2,1H3/t5-/m0/s1. The zero-order valence-electron chi connectivity index (χ0n) is 6.21. The fourth-order valence-corrected chi connectivity index (χ4v) is 1.11. The molecular weight excluding hydrogens is 206 g/mol. The van der Waals surface area contributed by atoms with Crippen LogP contribution in [0.3, 0.4) is 0 Å². The second-order valence-corrected chi connectivity index (χ2v) is 3.09. The van der Waals surface area contributed by atoms with Crippen molar-refractivity contribution in [1.82, 2.24) is 10.4 Å². The SMILES string of the molecule is C[C@H](NN)c1cccc(Br)n1. The number of aromatic nitrogens is 1. The van der Waals surface area contributed by atoms with E-state index in [-0.39, 0.29) is 6.04 Å². The van der Waals surface area contributed by atoms with Gasteiger partial charge in [0.05, 0.1) is 11.7 Å². The van der Waals surface area contributed by atoms with Gasteiger partial charge in [-0.15, -0.1) is 0 Å². The van der Waals surface area contributed by atoms with Gasteiger partial charge in [-0.3, -0.25) is 11.3 Å². The van der Waals surface area contributed by atoms with Crippen LogP contribution in [0.15, 0.2) is 22.8 Å². The maximum atomic E-state index is 5.25. The van der Waals surface area contributed by atoms with Crippen LogP contribution < -0.4 is 11.3 Å². The first-order valence-corrected chi connectivity index (χ1v) is 4.12. The lowest BCUT2D eigenvalue weighted by atomic mass is 10.2. The molecule has 0 aliphatic rings. The molecule has 1 heterocycles. The first kappa shape index (κ1) is 8.64. The Balaban J connectivity index is 2.86. The molecule has 0 unspecified atom stereocenters. The second kappa shape index (κ2) is 3.80. The summed E-state index contributed by atoms with van der Waals surface area (Å²) in [4.78, 5) is 4.22. The Labute approximate surface area is 74.1 Å². The van der Waals surface area contributed by atoms with Crippen molar-refractivity contribution in [1.29, 1.82) is 0 Å². The van der Waals surface area contributed by atoms with E-state index in [1.54, 1.807) is 0 Å². The highest BCUT2D eigenvalue weighted by atomic mass is 79.9. The number of halogens is 1. The van der Waals surface area contributed by atoms with Crippen molar-refractivity contribution in [3.63, 3.8) is 0 Å². The van der Waals surface area contributed by atoms with Gasteiger partial charge in [0.1, 0.15) is 4.60 Å². The largest absolute Gasteiger partial charge is 0.271 e. The molecule has 60 valence electrons. The smallest absolute Gasteiger partial charge is 0.106 e. The van der Waals surface area contributed by atoms with Crippen LogP contribution in [0.4, 0.5) is 0 Å². The van der Waals surface area contributed by atoms with E-state index in [1.165, 1.54) is 0 Å². The molecule has 0 aromatic carbocycles. The van der Waals surface area contributed by atoms with Gasteiger partial charge >= 0.3 is 0 Å². The van der Waals surface area contributed by atoms with Crippen LogP contribution in [0.5, 0.6) is 0 Å². The second-order valence-electron chi connectivity index (χ2n) is 2.27. The summed E-state index contributed by atoms with van der Waals surface area (Å²) in [5.41, 5.74) is 3.56. The maximum Gasteiger partial charge on any atom is 0.106 e. The minimum Gasteiger partial charge on any atom is -0.271 e. The molecule has 1 aromatic rings. The Kier molecular flexibility index (Phi) is 2.99. The van der Waals surface area contributed by atoms with Gasteiger partial charge in [0.25, 0.3) is 0 Å². The molecule has 3 nitrogen and oxygen atoms in total. The molecular formula is C7H10BrN3. The summed E-state index contributed by atoms with van der Waals surface area (Å²) in [6.07, 6.45) is 0. The number of hydrogen-bond acceptors (Lipinski definition) is 3. The maximum absolute atomic E-state index is 5.25. The molecule has 0 bridgehead atoms. The zero-order chi connectivity index (χ0) is 8.27. The average molecular weight is 216 g/mol. The minimum atomic E-state index is 0.0903. The van der Waals surface area contributed by atoms with Gasteiger partial charge in [-0.25, -0.2) is 4.98 Å². The molecule has 0 spiro atoms. The summed E-state index contributed by atoms with van der Waals surface area (Å²) in [5.74, 6) is 5.25. The highest BCUT2D eigenvalue weighted by Gasteiger charge is 2.02. The van der Waals surface area contributed by atoms with Crippen molar-refractivity contribution in [3.8, 4) is 0 Å². The van der Waals surface area contributed by atoms with E-state index >= 15 is 0 Å². The topological polar surface area (TPSA) is 50.9 Å². The third-order valence-corrected chi connectivity index (χ3v) is 1.87. The molecule has 0 fully saturated rings. The zero-order valence-corrected chi connectivity index (χ0v) is 7.80. The van der Waals surface area contributed by atoms with Gasteiger partial charge in [-0.1, -0.05) is 6.07 Å². The predicted molar refractivity (Wildman–Crippen MR) is 47.7 cm³/mol. The van der Waals surface area contributed by atoms with Crippen LogP contribution in [0, 0.1) is 0 Å². The predicted octanol–water partition coefficient (Wildman–Crippen LogP) is 1.37. The van der Waals surface area contributed by atoms with Crippen LogP contribution >= 0.6 is 15.9 Å². The first-order chi connectivity index (χ1) is 5.24. The molecule has 0 amide bonds. The van der Waals surface area contributed by atoms with Gasteiger partial charge in [-0.2, -0.15) is 0 Å². The Morgan fingerprint density at radius 2 is 2.36 bits per heavy atom. The number of hydrogen-bond donors (Lipinski definition) is 2. The molecule has 0 aliphatic carbocycles. The molecule has 1 aromatic heterocycles. The highest BCUT2D eigenvalue weighted by Crippen LogP contribution is 2.11. The van der Waals surface area contributed by atoms with E-state index in [0.717, 1.165) is 10.3 Å². The minimum absolute atomic E-state index is 0.0903. The fourth-order valence-electron chi connectivity index (χ4n) is 0.751. The summed E-state index contributed by atoms with van der Waals surface area (Å²) in [6.45, 7) is 1.95. The van der Waals surface area contributed by atoms with Crippen LogP contribution in [0.25, 0.3) is 0 Å². The lowest BCUT2D eigenvalue weighted by Crippen LogP contribution is -2.26. The summed E-state index contributed by atoms with van der Waals surface area (Å²) < 4.78 is 0.831. The van der Waals surface area contributed by atoms with E-state index in [2.05, 4.69) is 26.3 Å². The number of nitrogens with zero attached hydrogens (tertiary/aromatic N) is 1. The summed E-state index contributed by atoms with van der Waals surface area (Å²) >= 11 is 3.28. The van der Waals surface area contributed by atoms with Gasteiger partial charge in [0.2, 0.25) is 0 Å². The number of nitrogens with one attached hydrogen (secondary N) is 1. The molecule has 0 aliphatic heterocycles. The molecule has 0 radical (unpaired) electrons. The summed E-state index contributed by atoms with van der Waals surface area (Å²) in [6, 6.07) is 5.83. The fraction of sp³-hybridized carbons (Fsp3) is 0.286. The Hall–Kier alpha value is -0.450. The normalized spacial score (nSPS) is 13.0. The number of rotatable bonds is 2. The van der Waals surface area contributed by atoms with Crippen LogP contribution in [-0.2, 0) is 0 Å². The third-order valence-electron chi connectivity index (χ3n) is 1.43. The lowest BCUT2D eigenvalue weighted by molar-refractivity contribution is 0.586. The van der Waals surface area contributed by atoms with Crippen LogP contribution in [-0.4, -0.2) is 4.98 Å². The quantitative estimate of drug-likeness (QED) is 0.446. The van der Waals surface area contributed by atoms with Crippen molar-refractivity contribution in [2.45, 2.75) is 13.0 Å². The van der Waals surface area contributed by atoms with Crippen molar-refractivity contribution in [2.75, 3.05) is 0 Å². The lowest BCUT2D eigenvalue weighted by Gasteiger charge is -2.08. The van der Waals surface area contributed by atoms with Crippen molar-refractivity contribution < 1.29 is 0 Å². The van der Waals surface area contributed by atoms with Crippen molar-refractivity contribution in [3.05, 3.63) is 28.5 Å². The number of pyridine rings is 1. The molecule has 4 heteroatoms. The Morgan fingerprint density at radius 3 is 2.91 bits per heavy atom. The van der Waals surface area contributed by atoms with E-state index in [0.29, 0.717) is 0 Å². The van der Waals surface area contributed by atoms with E-state index in [1.807, 2.05) is 25.1 Å². The first-order valence-electron chi connectivity index (χ1n) is 3.32. The molecule has 11 heavy (non-hydrogen) atoms. The molecule has 3 N–H and O–H groups in total. The number of hydrazine groups is 1. The number of nitrogens with two attached hydrogens (primary N) is 1. The van der Waals surface area contributed by atoms with E-state index in [9.17, 15) is 0 Å². The van der Waals surface area contributed by atoms with Crippen LogP contribution in [0.1, 0.15) is 18.7 Å². The van der Waals surface area contributed by atoms with Crippen molar-refractivity contribution >= 4 is 15.9 Å².